The van der Waals surface area contributed by atoms with Crippen LogP contribution in [-0.2, 0) is 16.1 Å². The van der Waals surface area contributed by atoms with Crippen LogP contribution in [0, 0.1) is 0 Å². The van der Waals surface area contributed by atoms with Crippen LogP contribution in [-0.4, -0.2) is 51.7 Å². The summed E-state index contributed by atoms with van der Waals surface area (Å²) in [4.78, 5) is 35.0. The molecule has 1 N–H and O–H groups in total. The van der Waals surface area contributed by atoms with E-state index in [2.05, 4.69) is 23.8 Å². The predicted octanol–water partition coefficient (Wildman–Crippen LogP) is 3.09. The molecule has 0 spiro atoms. The Morgan fingerprint density at radius 3 is 2.79 bits per heavy atom. The Morgan fingerprint density at radius 2 is 2.12 bits per heavy atom. The highest BCUT2D eigenvalue weighted by atomic mass is 32.1. The number of carboxylic acid groups (broad SMARTS) is 1. The summed E-state index contributed by atoms with van der Waals surface area (Å²) in [6.07, 6.45) is 2.19. The third kappa shape index (κ3) is 5.04. The highest BCUT2D eigenvalue weighted by Gasteiger charge is 2.21. The molecule has 1 saturated heterocycles. The van der Waals surface area contributed by atoms with E-state index in [1.54, 1.807) is 17.0 Å². The maximum atomic E-state index is 13.9. The van der Waals surface area contributed by atoms with Gasteiger partial charge >= 0.3 is 5.97 Å². The minimum Gasteiger partial charge on any atom is -0.486 e. The molecule has 4 heterocycles. The Balaban J connectivity index is 1.70. The molecule has 0 aromatic carbocycles. The molecule has 1 aliphatic heterocycles. The van der Waals surface area contributed by atoms with E-state index in [9.17, 15) is 14.0 Å². The lowest BCUT2D eigenvalue weighted by Crippen LogP contribution is -2.38. The first-order valence-corrected chi connectivity index (χ1v) is 11.3. The van der Waals surface area contributed by atoms with Gasteiger partial charge in [0, 0.05) is 30.7 Å². The van der Waals surface area contributed by atoms with Crippen molar-refractivity contribution in [3.8, 4) is 5.75 Å². The molecule has 9 nitrogen and oxygen atoms in total. The van der Waals surface area contributed by atoms with Crippen LogP contribution in [0.4, 0.5) is 10.2 Å². The molecule has 1 aliphatic rings. The number of aliphatic carboxylic acids is 1. The summed E-state index contributed by atoms with van der Waals surface area (Å²) in [5.41, 5.74) is 0.599. The van der Waals surface area contributed by atoms with Crippen molar-refractivity contribution in [1.82, 2.24) is 14.4 Å². The number of halogens is 1. The minimum atomic E-state index is -1.75. The summed E-state index contributed by atoms with van der Waals surface area (Å²) in [7, 11) is 0. The number of hydrogen-bond acceptors (Lipinski definition) is 8. The minimum absolute atomic E-state index is 0.132. The first kappa shape index (κ1) is 22.9. The van der Waals surface area contributed by atoms with E-state index in [0.717, 1.165) is 10.7 Å². The van der Waals surface area contributed by atoms with Crippen LogP contribution in [0.3, 0.4) is 0 Å². The zero-order valence-corrected chi connectivity index (χ0v) is 19.0. The summed E-state index contributed by atoms with van der Waals surface area (Å²) >= 11 is 1.52. The normalized spacial score (nSPS) is 14.8. The number of carbonyl (C=O) groups is 1. The van der Waals surface area contributed by atoms with Gasteiger partial charge in [0.2, 0.25) is 5.83 Å². The Morgan fingerprint density at radius 1 is 1.36 bits per heavy atom. The molecule has 3 aromatic rings. The molecule has 0 atom stereocenters. The number of rotatable bonds is 7. The molecule has 0 bridgehead atoms. The van der Waals surface area contributed by atoms with Gasteiger partial charge in [-0.05, 0) is 18.1 Å². The predicted molar refractivity (Wildman–Crippen MR) is 122 cm³/mol. The zero-order chi connectivity index (χ0) is 23.5. The second-order valence-corrected chi connectivity index (χ2v) is 8.69. The quantitative estimate of drug-likeness (QED) is 0.521. The topological polar surface area (TPSA) is 106 Å². The van der Waals surface area contributed by atoms with Crippen molar-refractivity contribution in [3.05, 3.63) is 56.2 Å². The Labute approximate surface area is 192 Å². The molecule has 0 amide bonds. The summed E-state index contributed by atoms with van der Waals surface area (Å²) < 4.78 is 26.4. The number of pyridine rings is 1. The third-order valence-corrected chi connectivity index (χ3v) is 5.97. The summed E-state index contributed by atoms with van der Waals surface area (Å²) in [6, 6.07) is 3.21. The van der Waals surface area contributed by atoms with E-state index >= 15 is 0 Å². The average Bonchev–Trinajstić information content (AvgIpc) is 3.29. The third-order valence-electron chi connectivity index (χ3n) is 5.13. The van der Waals surface area contributed by atoms with Gasteiger partial charge in [0.25, 0.3) is 5.56 Å². The summed E-state index contributed by atoms with van der Waals surface area (Å²) in [5, 5.41) is 11.8. The highest BCUT2D eigenvalue weighted by Crippen LogP contribution is 2.24. The molecule has 174 valence electrons. The monoisotopic (exact) mass is 474 g/mol. The smallest absolute Gasteiger partial charge is 0.364 e. The van der Waals surface area contributed by atoms with Gasteiger partial charge in [-0.3, -0.25) is 9.20 Å². The lowest BCUT2D eigenvalue weighted by molar-refractivity contribution is -0.134. The number of thiazole rings is 1. The fraction of sp³-hybridized carbons (Fsp3) is 0.364. The van der Waals surface area contributed by atoms with Crippen LogP contribution in [0.25, 0.3) is 11.7 Å². The van der Waals surface area contributed by atoms with Gasteiger partial charge in [-0.25, -0.2) is 14.8 Å². The number of fused-ring (bicyclic) bond motifs is 1. The standard InChI is InChI=1S/C22H23FN4O5S/c1-13(2)17-12-33-19(24-17)11-32-14-3-4-27-18(9-14)25-20(26-5-7-31-8-6-26)15(21(27)28)10-16(23)22(29)30/h3-4,9-10,12-13H,5-8,11H2,1-2H3,(H,29,30). The maximum Gasteiger partial charge on any atom is 0.364 e. The zero-order valence-electron chi connectivity index (χ0n) is 18.2. The number of ether oxygens (including phenoxy) is 2. The van der Waals surface area contributed by atoms with E-state index in [1.165, 1.54) is 21.9 Å². The van der Waals surface area contributed by atoms with Gasteiger partial charge in [-0.2, -0.15) is 4.39 Å². The van der Waals surface area contributed by atoms with E-state index in [4.69, 9.17) is 14.6 Å². The van der Waals surface area contributed by atoms with Crippen molar-refractivity contribution in [2.24, 2.45) is 0 Å². The van der Waals surface area contributed by atoms with Gasteiger partial charge in [-0.15, -0.1) is 11.3 Å². The first-order valence-electron chi connectivity index (χ1n) is 10.4. The number of morpholine rings is 1. The second-order valence-electron chi connectivity index (χ2n) is 7.75. The number of hydrogen-bond donors (Lipinski definition) is 1. The Bertz CT molecular complexity index is 1260. The van der Waals surface area contributed by atoms with Gasteiger partial charge in [0.1, 0.15) is 28.8 Å². The Kier molecular flexibility index (Phi) is 6.70. The van der Waals surface area contributed by atoms with Crippen molar-refractivity contribution in [2.75, 3.05) is 31.2 Å². The van der Waals surface area contributed by atoms with E-state index in [0.29, 0.717) is 49.7 Å². The fourth-order valence-electron chi connectivity index (χ4n) is 3.34. The molecular weight excluding hydrogens is 451 g/mol. The van der Waals surface area contributed by atoms with Crippen LogP contribution < -0.4 is 15.2 Å². The molecule has 0 aliphatic carbocycles. The van der Waals surface area contributed by atoms with E-state index < -0.39 is 17.4 Å². The van der Waals surface area contributed by atoms with Gasteiger partial charge in [0.15, 0.2) is 0 Å². The number of anilines is 1. The van der Waals surface area contributed by atoms with E-state index in [-0.39, 0.29) is 18.0 Å². The van der Waals surface area contributed by atoms with Crippen LogP contribution in [0.5, 0.6) is 5.75 Å². The summed E-state index contributed by atoms with van der Waals surface area (Å²) in [6.45, 7) is 6.14. The van der Waals surface area contributed by atoms with Crippen molar-refractivity contribution in [3.63, 3.8) is 0 Å². The van der Waals surface area contributed by atoms with Gasteiger partial charge < -0.3 is 19.5 Å². The van der Waals surface area contributed by atoms with Crippen molar-refractivity contribution < 1.29 is 23.8 Å². The van der Waals surface area contributed by atoms with E-state index in [1.807, 2.05) is 5.38 Å². The average molecular weight is 475 g/mol. The lowest BCUT2D eigenvalue weighted by atomic mass is 10.2. The highest BCUT2D eigenvalue weighted by molar-refractivity contribution is 7.09. The molecular formula is C22H23FN4O5S. The molecule has 0 radical (unpaired) electrons. The SMILES string of the molecule is CC(C)c1csc(COc2ccn3c(=O)c(C=C(F)C(=O)O)c(N4CCOCC4)nc3c2)n1. The number of carboxylic acids is 1. The summed E-state index contributed by atoms with van der Waals surface area (Å²) in [5.74, 6) is -2.15. The van der Waals surface area contributed by atoms with Crippen molar-refractivity contribution in [2.45, 2.75) is 26.4 Å². The van der Waals surface area contributed by atoms with Crippen LogP contribution >= 0.6 is 11.3 Å². The second kappa shape index (κ2) is 9.67. The van der Waals surface area contributed by atoms with Crippen molar-refractivity contribution >= 4 is 34.8 Å². The molecule has 0 saturated carbocycles. The molecule has 3 aromatic heterocycles. The van der Waals surface area contributed by atoms with Crippen LogP contribution in [0.1, 0.15) is 36.0 Å². The lowest BCUT2D eigenvalue weighted by Gasteiger charge is -2.29. The largest absolute Gasteiger partial charge is 0.486 e. The molecule has 11 heteroatoms. The number of aromatic nitrogens is 3. The Hall–Kier alpha value is -3.31. The molecule has 33 heavy (non-hydrogen) atoms. The number of nitrogens with zero attached hydrogens (tertiary/aromatic N) is 4. The van der Waals surface area contributed by atoms with Crippen LogP contribution in [0.2, 0.25) is 0 Å². The molecule has 0 unspecified atom stereocenters. The van der Waals surface area contributed by atoms with Gasteiger partial charge in [0.05, 0.1) is 24.5 Å². The molecule has 1 fully saturated rings. The maximum absolute atomic E-state index is 13.9. The van der Waals surface area contributed by atoms with Gasteiger partial charge in [-0.1, -0.05) is 13.8 Å². The first-order chi connectivity index (χ1) is 15.8. The van der Waals surface area contributed by atoms with Crippen LogP contribution in [0.15, 0.2) is 34.3 Å². The molecule has 4 rings (SSSR count). The fourth-order valence-corrected chi connectivity index (χ4v) is 4.21. The van der Waals surface area contributed by atoms with Crippen molar-refractivity contribution in [1.29, 1.82) is 0 Å².